The Bertz CT molecular complexity index is 434. The molecule has 2 aliphatic carbocycles. The maximum Gasteiger partial charge on any atom is 0.0608 e. The van der Waals surface area contributed by atoms with Crippen molar-refractivity contribution in [1.82, 2.24) is 0 Å². The minimum absolute atomic E-state index is 0.0325. The molecule has 0 saturated heterocycles. The van der Waals surface area contributed by atoms with Gasteiger partial charge in [0.1, 0.15) is 0 Å². The van der Waals surface area contributed by atoms with Crippen molar-refractivity contribution in [2.75, 3.05) is 0 Å². The molecule has 0 bridgehead atoms. The van der Waals surface area contributed by atoms with Gasteiger partial charge in [-0.3, -0.25) is 0 Å². The Morgan fingerprint density at radius 3 is 2.63 bits per heavy atom. The summed E-state index contributed by atoms with van der Waals surface area (Å²) in [5.74, 6) is 0.365. The van der Waals surface area contributed by atoms with Gasteiger partial charge in [-0.05, 0) is 31.3 Å². The van der Waals surface area contributed by atoms with E-state index in [1.807, 2.05) is 31.2 Å². The molecule has 0 heterocycles. The van der Waals surface area contributed by atoms with Gasteiger partial charge >= 0.3 is 0 Å². The van der Waals surface area contributed by atoms with Gasteiger partial charge in [-0.1, -0.05) is 54.5 Å². The van der Waals surface area contributed by atoms with E-state index in [4.69, 9.17) is 23.2 Å². The number of alkyl halides is 1. The van der Waals surface area contributed by atoms with Crippen molar-refractivity contribution in [3.05, 3.63) is 47.1 Å². The van der Waals surface area contributed by atoms with Gasteiger partial charge in [0.2, 0.25) is 0 Å². The second kappa shape index (κ2) is 6.78. The number of rotatable bonds is 4. The molecule has 1 nitrogen and oxygen atoms in total. The van der Waals surface area contributed by atoms with E-state index >= 15 is 0 Å². The lowest BCUT2D eigenvalue weighted by molar-refractivity contribution is 0.0979. The van der Waals surface area contributed by atoms with Crippen LogP contribution in [0.25, 0.3) is 0 Å². The smallest absolute Gasteiger partial charge is 0.0608 e. The van der Waals surface area contributed by atoms with Crippen molar-refractivity contribution in [3.8, 4) is 0 Å². The normalized spacial score (nSPS) is 29.7. The highest BCUT2D eigenvalue weighted by molar-refractivity contribution is 6.29. The average molecular weight is 299 g/mol. The van der Waals surface area contributed by atoms with Crippen LogP contribution in [0.3, 0.4) is 0 Å². The van der Waals surface area contributed by atoms with Crippen molar-refractivity contribution in [3.63, 3.8) is 0 Å². The van der Waals surface area contributed by atoms with Gasteiger partial charge in [0.05, 0.1) is 11.5 Å². The summed E-state index contributed by atoms with van der Waals surface area (Å²) in [7, 11) is 0. The number of hydrogen-bond acceptors (Lipinski definition) is 1. The van der Waals surface area contributed by atoms with Gasteiger partial charge in [-0.15, -0.1) is 11.6 Å². The lowest BCUT2D eigenvalue weighted by atomic mass is 9.75. The van der Waals surface area contributed by atoms with Gasteiger partial charge < -0.3 is 5.11 Å². The predicted octanol–water partition coefficient (Wildman–Crippen LogP) is 4.57. The summed E-state index contributed by atoms with van der Waals surface area (Å²) in [6.45, 7) is 2.01. The van der Waals surface area contributed by atoms with Gasteiger partial charge in [0.25, 0.3) is 0 Å². The molecule has 1 N–H and O–H groups in total. The zero-order valence-electron chi connectivity index (χ0n) is 11.1. The second-order valence-corrected chi connectivity index (χ2v) is 6.26. The summed E-state index contributed by atoms with van der Waals surface area (Å²) in [4.78, 5) is 0. The van der Waals surface area contributed by atoms with E-state index in [2.05, 4.69) is 12.2 Å². The molecule has 0 aromatic carbocycles. The highest BCUT2D eigenvalue weighted by atomic mass is 35.5. The molecule has 0 amide bonds. The molecule has 0 aromatic heterocycles. The van der Waals surface area contributed by atoms with Gasteiger partial charge in [-0.25, -0.2) is 0 Å². The first-order valence-electron chi connectivity index (χ1n) is 6.84. The molecule has 104 valence electrons. The molecule has 19 heavy (non-hydrogen) atoms. The number of aliphatic hydroxyl groups excluding tert-OH is 1. The van der Waals surface area contributed by atoms with Crippen LogP contribution in [-0.4, -0.2) is 16.6 Å². The zero-order chi connectivity index (χ0) is 13.8. The summed E-state index contributed by atoms with van der Waals surface area (Å²) in [5.41, 5.74) is 1.23. The van der Waals surface area contributed by atoms with Crippen LogP contribution in [0.2, 0.25) is 0 Å². The van der Waals surface area contributed by atoms with Crippen LogP contribution in [0.5, 0.6) is 0 Å². The fourth-order valence-corrected chi connectivity index (χ4v) is 3.39. The molecular formula is C16H20Cl2O. The average Bonchev–Trinajstić information content (AvgIpc) is 2.39. The maximum atomic E-state index is 10.4. The highest BCUT2D eigenvalue weighted by Crippen LogP contribution is 2.38. The number of allylic oxidation sites excluding steroid dienone is 7. The molecule has 4 unspecified atom stereocenters. The fraction of sp³-hybridized carbons (Fsp3) is 0.500. The van der Waals surface area contributed by atoms with Crippen molar-refractivity contribution in [2.24, 2.45) is 11.8 Å². The molecule has 4 atom stereocenters. The van der Waals surface area contributed by atoms with E-state index in [0.29, 0.717) is 0 Å². The van der Waals surface area contributed by atoms with Crippen molar-refractivity contribution >= 4 is 23.2 Å². The maximum absolute atomic E-state index is 10.4. The molecule has 2 aliphatic rings. The van der Waals surface area contributed by atoms with Crippen LogP contribution in [0.15, 0.2) is 47.1 Å². The van der Waals surface area contributed by atoms with Gasteiger partial charge in [-0.2, -0.15) is 0 Å². The van der Waals surface area contributed by atoms with Crippen molar-refractivity contribution < 1.29 is 5.11 Å². The molecule has 3 heteroatoms. The fourth-order valence-electron chi connectivity index (χ4n) is 2.88. The Morgan fingerprint density at radius 1 is 1.26 bits per heavy atom. The molecule has 0 fully saturated rings. The van der Waals surface area contributed by atoms with Crippen LogP contribution in [-0.2, 0) is 0 Å². The van der Waals surface area contributed by atoms with E-state index in [9.17, 15) is 5.11 Å². The van der Waals surface area contributed by atoms with E-state index in [1.54, 1.807) is 0 Å². The lowest BCUT2D eigenvalue weighted by Gasteiger charge is -2.33. The van der Waals surface area contributed by atoms with Crippen LogP contribution in [0.4, 0.5) is 0 Å². The molecule has 0 aromatic rings. The standard InChI is InChI=1S/C16H20Cl2O/c1-2-15(19)16(11-5-3-7-13(17)9-11)12-6-4-8-14(18)10-12/h3-8,11,14-16,19H,2,9-10H2,1H3. The van der Waals surface area contributed by atoms with Crippen molar-refractivity contribution in [1.29, 1.82) is 0 Å². The second-order valence-electron chi connectivity index (χ2n) is 5.21. The van der Waals surface area contributed by atoms with Gasteiger partial charge in [0.15, 0.2) is 0 Å². The molecule has 0 radical (unpaired) electrons. The summed E-state index contributed by atoms with van der Waals surface area (Å²) in [6.07, 6.45) is 14.2. The minimum atomic E-state index is -0.348. The third kappa shape index (κ3) is 3.75. The first kappa shape index (κ1) is 14.9. The Labute approximate surface area is 125 Å². The quantitative estimate of drug-likeness (QED) is 0.754. The minimum Gasteiger partial charge on any atom is -0.392 e. The van der Waals surface area contributed by atoms with E-state index in [0.717, 1.165) is 24.3 Å². The molecule has 0 spiro atoms. The first-order valence-corrected chi connectivity index (χ1v) is 7.65. The third-order valence-corrected chi connectivity index (χ3v) is 4.43. The van der Waals surface area contributed by atoms with Crippen LogP contribution in [0.1, 0.15) is 26.2 Å². The van der Waals surface area contributed by atoms with E-state index in [1.165, 1.54) is 5.57 Å². The monoisotopic (exact) mass is 298 g/mol. The predicted molar refractivity (Wildman–Crippen MR) is 82.5 cm³/mol. The molecule has 2 rings (SSSR count). The number of halogens is 2. The lowest BCUT2D eigenvalue weighted by Crippen LogP contribution is -2.30. The van der Waals surface area contributed by atoms with Crippen LogP contribution in [0, 0.1) is 11.8 Å². The SMILES string of the molecule is CCC(O)C(C1=CC=CC(Cl)C1)C1C=CC=C(Cl)C1. The molecule has 0 saturated carbocycles. The molecule has 0 aliphatic heterocycles. The zero-order valence-corrected chi connectivity index (χ0v) is 12.6. The Kier molecular flexibility index (Phi) is 5.32. The van der Waals surface area contributed by atoms with Crippen molar-refractivity contribution in [2.45, 2.75) is 37.7 Å². The Morgan fingerprint density at radius 2 is 2.00 bits per heavy atom. The highest BCUT2D eigenvalue weighted by Gasteiger charge is 2.31. The largest absolute Gasteiger partial charge is 0.392 e. The third-order valence-electron chi connectivity index (χ3n) is 3.85. The van der Waals surface area contributed by atoms with Gasteiger partial charge in [0, 0.05) is 11.0 Å². The summed E-state index contributed by atoms with van der Waals surface area (Å²) < 4.78 is 0. The van der Waals surface area contributed by atoms with Crippen LogP contribution >= 0.6 is 23.2 Å². The Hall–Kier alpha value is -0.500. The topological polar surface area (TPSA) is 20.2 Å². The first-order chi connectivity index (χ1) is 9.11. The van der Waals surface area contributed by atoms with E-state index in [-0.39, 0.29) is 23.3 Å². The summed E-state index contributed by atoms with van der Waals surface area (Å²) in [5, 5.41) is 11.3. The summed E-state index contributed by atoms with van der Waals surface area (Å²) >= 11 is 12.3. The van der Waals surface area contributed by atoms with E-state index < -0.39 is 0 Å². The van der Waals surface area contributed by atoms with Crippen LogP contribution < -0.4 is 0 Å². The number of hydrogen-bond donors (Lipinski definition) is 1. The molecular weight excluding hydrogens is 279 g/mol. The number of aliphatic hydroxyl groups is 1. The summed E-state index contributed by atoms with van der Waals surface area (Å²) in [6, 6.07) is 0. The Balaban J connectivity index is 2.22.